The van der Waals surface area contributed by atoms with Gasteiger partial charge in [-0.05, 0) is 37.1 Å². The van der Waals surface area contributed by atoms with E-state index in [0.29, 0.717) is 6.04 Å². The van der Waals surface area contributed by atoms with Crippen LogP contribution in [0.15, 0.2) is 48.8 Å². The summed E-state index contributed by atoms with van der Waals surface area (Å²) >= 11 is 0. The Labute approximate surface area is 136 Å². The maximum Gasteiger partial charge on any atom is 0.146 e. The van der Waals surface area contributed by atoms with Gasteiger partial charge in [0.2, 0.25) is 0 Å². The molecule has 0 spiro atoms. The second-order valence-electron chi connectivity index (χ2n) is 5.84. The van der Waals surface area contributed by atoms with Crippen molar-refractivity contribution in [1.29, 1.82) is 0 Å². The molecule has 0 unspecified atom stereocenters. The number of aromatic nitrogens is 1. The van der Waals surface area contributed by atoms with Crippen molar-refractivity contribution in [1.82, 2.24) is 10.3 Å². The molecule has 122 valence electrons. The first-order valence-electron chi connectivity index (χ1n) is 8.20. The third-order valence-electron chi connectivity index (χ3n) is 4.24. The summed E-state index contributed by atoms with van der Waals surface area (Å²) < 4.78 is 13.8. The summed E-state index contributed by atoms with van der Waals surface area (Å²) in [6.45, 7) is 3.59. The van der Waals surface area contributed by atoms with E-state index in [4.69, 9.17) is 0 Å². The Balaban J connectivity index is 1.37. The molecular weight excluding hydrogens is 291 g/mol. The van der Waals surface area contributed by atoms with E-state index < -0.39 is 0 Å². The lowest BCUT2D eigenvalue weighted by atomic mass is 10.0. The molecule has 0 radical (unpaired) electrons. The highest BCUT2D eigenvalue weighted by atomic mass is 19.1. The molecule has 0 aliphatic carbocycles. The van der Waals surface area contributed by atoms with Crippen LogP contribution in [0.4, 0.5) is 15.8 Å². The molecule has 1 aromatic carbocycles. The van der Waals surface area contributed by atoms with Crippen LogP contribution in [0.2, 0.25) is 0 Å². The molecule has 4 nitrogen and oxygen atoms in total. The van der Waals surface area contributed by atoms with Gasteiger partial charge < -0.3 is 15.5 Å². The number of pyridine rings is 1. The maximum atomic E-state index is 13.8. The third-order valence-corrected chi connectivity index (χ3v) is 4.24. The largest absolute Gasteiger partial charge is 0.383 e. The minimum Gasteiger partial charge on any atom is -0.383 e. The molecule has 2 aromatic rings. The number of hydrogen-bond acceptors (Lipinski definition) is 4. The number of piperidine rings is 1. The Morgan fingerprint density at radius 1 is 1.09 bits per heavy atom. The number of benzene rings is 1. The maximum absolute atomic E-state index is 13.8. The molecule has 1 aliphatic heterocycles. The van der Waals surface area contributed by atoms with E-state index in [9.17, 15) is 4.39 Å². The van der Waals surface area contributed by atoms with Crippen molar-refractivity contribution in [3.63, 3.8) is 0 Å². The molecule has 1 aromatic heterocycles. The summed E-state index contributed by atoms with van der Waals surface area (Å²) in [6, 6.07) is 11.5. The predicted octanol–water partition coefficient (Wildman–Crippen LogP) is 2.89. The first-order chi connectivity index (χ1) is 11.3. The molecule has 3 rings (SSSR count). The Morgan fingerprint density at radius 2 is 1.91 bits per heavy atom. The fourth-order valence-corrected chi connectivity index (χ4v) is 2.98. The molecule has 2 N–H and O–H groups in total. The highest BCUT2D eigenvalue weighted by Gasteiger charge is 2.20. The van der Waals surface area contributed by atoms with Crippen molar-refractivity contribution in [3.05, 3.63) is 54.6 Å². The second-order valence-corrected chi connectivity index (χ2v) is 5.84. The van der Waals surface area contributed by atoms with Gasteiger partial charge in [-0.1, -0.05) is 12.1 Å². The third kappa shape index (κ3) is 4.42. The fraction of sp³-hybridized carbons (Fsp3) is 0.389. The second kappa shape index (κ2) is 7.92. The van der Waals surface area contributed by atoms with Gasteiger partial charge >= 0.3 is 0 Å². The van der Waals surface area contributed by atoms with Gasteiger partial charge in [-0.2, -0.15) is 0 Å². The van der Waals surface area contributed by atoms with E-state index in [-0.39, 0.29) is 5.82 Å². The van der Waals surface area contributed by atoms with Crippen LogP contribution < -0.4 is 15.5 Å². The SMILES string of the molecule is Fc1ccccc1N1CCC(NCCNc2cccnc2)CC1. The van der Waals surface area contributed by atoms with Crippen LogP contribution in [0.25, 0.3) is 0 Å². The van der Waals surface area contributed by atoms with E-state index in [0.717, 1.165) is 50.4 Å². The highest BCUT2D eigenvalue weighted by Crippen LogP contribution is 2.22. The molecular formula is C18H23FN4. The van der Waals surface area contributed by atoms with Crippen LogP contribution in [-0.2, 0) is 0 Å². The quantitative estimate of drug-likeness (QED) is 0.805. The molecule has 0 bridgehead atoms. The van der Waals surface area contributed by atoms with Gasteiger partial charge in [0.05, 0.1) is 11.4 Å². The highest BCUT2D eigenvalue weighted by molar-refractivity contribution is 5.48. The molecule has 5 heteroatoms. The summed E-state index contributed by atoms with van der Waals surface area (Å²) in [5.41, 5.74) is 1.77. The minimum atomic E-state index is -0.125. The van der Waals surface area contributed by atoms with Gasteiger partial charge in [0.1, 0.15) is 5.82 Å². The lowest BCUT2D eigenvalue weighted by molar-refractivity contribution is 0.418. The number of anilines is 2. The molecule has 23 heavy (non-hydrogen) atoms. The van der Waals surface area contributed by atoms with Gasteiger partial charge in [-0.25, -0.2) is 4.39 Å². The number of hydrogen-bond donors (Lipinski definition) is 2. The number of halogens is 1. The van der Waals surface area contributed by atoms with Crippen molar-refractivity contribution >= 4 is 11.4 Å². The van der Waals surface area contributed by atoms with Gasteiger partial charge in [0.15, 0.2) is 0 Å². The number of para-hydroxylation sites is 1. The zero-order chi connectivity index (χ0) is 15.9. The number of nitrogens with one attached hydrogen (secondary N) is 2. The molecule has 0 amide bonds. The van der Waals surface area contributed by atoms with Crippen molar-refractivity contribution in [2.24, 2.45) is 0 Å². The van der Waals surface area contributed by atoms with Crippen molar-refractivity contribution < 1.29 is 4.39 Å². The van der Waals surface area contributed by atoms with Crippen LogP contribution in [0.5, 0.6) is 0 Å². The normalized spacial score (nSPS) is 15.6. The van der Waals surface area contributed by atoms with Crippen molar-refractivity contribution in [2.75, 3.05) is 36.4 Å². The number of nitrogens with zero attached hydrogens (tertiary/aromatic N) is 2. The average Bonchev–Trinajstić information content (AvgIpc) is 2.61. The van der Waals surface area contributed by atoms with E-state index in [1.165, 1.54) is 6.07 Å². The fourth-order valence-electron chi connectivity index (χ4n) is 2.98. The van der Waals surface area contributed by atoms with E-state index in [1.54, 1.807) is 12.3 Å². The molecule has 0 saturated carbocycles. The molecule has 1 fully saturated rings. The first-order valence-corrected chi connectivity index (χ1v) is 8.20. The van der Waals surface area contributed by atoms with Crippen LogP contribution in [0.1, 0.15) is 12.8 Å². The summed E-state index contributed by atoms with van der Waals surface area (Å²) in [4.78, 5) is 6.22. The Hall–Kier alpha value is -2.14. The predicted molar refractivity (Wildman–Crippen MR) is 92.4 cm³/mol. The van der Waals surface area contributed by atoms with Crippen LogP contribution in [0.3, 0.4) is 0 Å². The zero-order valence-electron chi connectivity index (χ0n) is 13.2. The standard InChI is InChI=1S/C18H23FN4/c19-17-5-1-2-6-18(17)23-12-7-15(8-13-23)21-10-11-22-16-4-3-9-20-14-16/h1-6,9,14-15,21-22H,7-8,10-13H2. The average molecular weight is 314 g/mol. The summed E-state index contributed by atoms with van der Waals surface area (Å²) in [5, 5.41) is 6.92. The van der Waals surface area contributed by atoms with E-state index in [1.807, 2.05) is 30.5 Å². The van der Waals surface area contributed by atoms with Crippen LogP contribution >= 0.6 is 0 Å². The van der Waals surface area contributed by atoms with Gasteiger partial charge in [-0.15, -0.1) is 0 Å². The Morgan fingerprint density at radius 3 is 2.65 bits per heavy atom. The van der Waals surface area contributed by atoms with Crippen LogP contribution in [-0.4, -0.2) is 37.2 Å². The smallest absolute Gasteiger partial charge is 0.146 e. The molecule has 1 aliphatic rings. The minimum absolute atomic E-state index is 0.125. The number of rotatable bonds is 6. The molecule has 2 heterocycles. The Kier molecular flexibility index (Phi) is 5.42. The molecule has 0 atom stereocenters. The van der Waals surface area contributed by atoms with Gasteiger partial charge in [0.25, 0.3) is 0 Å². The van der Waals surface area contributed by atoms with Gasteiger partial charge in [-0.3, -0.25) is 4.98 Å². The first kappa shape index (κ1) is 15.7. The topological polar surface area (TPSA) is 40.2 Å². The molecule has 1 saturated heterocycles. The van der Waals surface area contributed by atoms with E-state index >= 15 is 0 Å². The van der Waals surface area contributed by atoms with E-state index in [2.05, 4.69) is 20.5 Å². The Bertz CT molecular complexity index is 597. The van der Waals surface area contributed by atoms with Gasteiger partial charge in [0, 0.05) is 44.6 Å². The summed E-state index contributed by atoms with van der Waals surface area (Å²) in [5.74, 6) is -0.125. The summed E-state index contributed by atoms with van der Waals surface area (Å²) in [7, 11) is 0. The lowest BCUT2D eigenvalue weighted by Crippen LogP contribution is -2.44. The zero-order valence-corrected chi connectivity index (χ0v) is 13.2. The van der Waals surface area contributed by atoms with Crippen molar-refractivity contribution in [3.8, 4) is 0 Å². The van der Waals surface area contributed by atoms with Crippen molar-refractivity contribution in [2.45, 2.75) is 18.9 Å². The van der Waals surface area contributed by atoms with Crippen LogP contribution in [0, 0.1) is 5.82 Å². The summed E-state index contributed by atoms with van der Waals surface area (Å²) in [6.07, 6.45) is 5.68. The monoisotopic (exact) mass is 314 g/mol. The lowest BCUT2D eigenvalue weighted by Gasteiger charge is -2.34.